The molecule has 3 aliphatic rings. The molecule has 0 N–H and O–H groups in total. The number of hydrogen-bond donors (Lipinski definition) is 0. The van der Waals surface area contributed by atoms with Crippen molar-refractivity contribution in [2.24, 2.45) is 0 Å². The van der Waals surface area contributed by atoms with Crippen molar-refractivity contribution in [3.05, 3.63) is 83.8 Å². The second kappa shape index (κ2) is 8.68. The molecule has 0 radical (unpaired) electrons. The molecule has 7 nitrogen and oxygen atoms in total. The van der Waals surface area contributed by atoms with Gasteiger partial charge in [-0.15, -0.1) is 0 Å². The maximum Gasteiger partial charge on any atom is 0.264 e. The molecule has 0 spiro atoms. The van der Waals surface area contributed by atoms with Gasteiger partial charge in [0.05, 0.1) is 37.3 Å². The molecule has 0 bridgehead atoms. The Kier molecular flexibility index (Phi) is 5.78. The number of aryl methyl sites for hydroxylation is 1. The van der Waals surface area contributed by atoms with Gasteiger partial charge in [-0.1, -0.05) is 64.1 Å². The number of amides is 3. The van der Waals surface area contributed by atoms with Crippen molar-refractivity contribution in [2.75, 3.05) is 11.7 Å². The number of imide groups is 1. The first-order chi connectivity index (χ1) is 17.6. The van der Waals surface area contributed by atoms with E-state index in [2.05, 4.69) is 0 Å². The van der Waals surface area contributed by atoms with Crippen molar-refractivity contribution in [1.82, 2.24) is 4.90 Å². The number of benzene rings is 3. The Morgan fingerprint density at radius 3 is 1.97 bits per heavy atom. The van der Waals surface area contributed by atoms with E-state index >= 15 is 0 Å². The third-order valence-corrected chi connectivity index (χ3v) is 8.67. The van der Waals surface area contributed by atoms with E-state index in [0.717, 1.165) is 10.5 Å². The molecular weight excluding hydrogens is 586 g/mol. The van der Waals surface area contributed by atoms with Gasteiger partial charge < -0.3 is 14.4 Å². The molecule has 3 aliphatic heterocycles. The van der Waals surface area contributed by atoms with Crippen molar-refractivity contribution in [3.8, 4) is 11.5 Å². The van der Waals surface area contributed by atoms with Crippen LogP contribution in [0.5, 0.6) is 11.5 Å². The summed E-state index contributed by atoms with van der Waals surface area (Å²) >= 11 is 31.1. The number of carbonyl (C=O) groups excluding carboxylic acids is 3. The number of rotatable bonds is 3. The molecule has 188 valence electrons. The van der Waals surface area contributed by atoms with Gasteiger partial charge in [0.25, 0.3) is 17.7 Å². The topological polar surface area (TPSA) is 76.2 Å². The minimum Gasteiger partial charge on any atom is -0.454 e. The number of β-lactam (4-membered cyclic amide) rings is 1. The fourth-order valence-corrected chi connectivity index (χ4v) is 6.17. The standard InChI is InChI=1S/C25H13Cl5N2O5/c1-9-6-11(26)3-4-12(9)31-21(10-2-5-13-14(7-10)37-8-36-13)22(25(31)35)32-23(33)15-16(24(32)34)18(28)20(30)19(29)17(15)27/h2-7,21-22H,8H2,1H3/t21-,22-/m0/s1. The summed E-state index contributed by atoms with van der Waals surface area (Å²) in [5, 5.41) is -0.210. The van der Waals surface area contributed by atoms with Crippen LogP contribution in [0.2, 0.25) is 25.1 Å². The lowest BCUT2D eigenvalue weighted by Gasteiger charge is -2.50. The first-order valence-electron chi connectivity index (χ1n) is 10.8. The Morgan fingerprint density at radius 1 is 0.730 bits per heavy atom. The van der Waals surface area contributed by atoms with Crippen LogP contribution in [0.3, 0.4) is 0 Å². The Balaban J connectivity index is 1.49. The number of nitrogens with zero attached hydrogens (tertiary/aromatic N) is 2. The fraction of sp³-hybridized carbons (Fsp3) is 0.160. The molecule has 3 amide bonds. The van der Waals surface area contributed by atoms with Crippen LogP contribution in [-0.2, 0) is 4.79 Å². The average molecular weight is 599 g/mol. The van der Waals surface area contributed by atoms with Crippen LogP contribution in [0.25, 0.3) is 0 Å². The molecule has 0 aliphatic carbocycles. The highest BCUT2D eigenvalue weighted by atomic mass is 35.5. The minimum absolute atomic E-state index is 0.0583. The molecular formula is C25H13Cl5N2O5. The monoisotopic (exact) mass is 596 g/mol. The summed E-state index contributed by atoms with van der Waals surface area (Å²) in [6.07, 6.45) is 0. The molecule has 3 aromatic carbocycles. The number of carbonyl (C=O) groups is 3. The predicted molar refractivity (Wildman–Crippen MR) is 140 cm³/mol. The van der Waals surface area contributed by atoms with E-state index < -0.39 is 29.8 Å². The summed E-state index contributed by atoms with van der Waals surface area (Å²) < 4.78 is 10.9. The first kappa shape index (κ1) is 24.6. The number of fused-ring (bicyclic) bond motifs is 2. The maximum absolute atomic E-state index is 13.7. The number of anilines is 1. The van der Waals surface area contributed by atoms with Crippen molar-refractivity contribution in [2.45, 2.75) is 19.0 Å². The number of hydrogen-bond acceptors (Lipinski definition) is 5. The molecule has 0 unspecified atom stereocenters. The maximum atomic E-state index is 13.7. The highest BCUT2D eigenvalue weighted by molar-refractivity contribution is 6.55. The summed E-state index contributed by atoms with van der Waals surface area (Å²) in [6, 6.07) is 8.31. The summed E-state index contributed by atoms with van der Waals surface area (Å²) in [7, 11) is 0. The van der Waals surface area contributed by atoms with Crippen LogP contribution in [-0.4, -0.2) is 35.5 Å². The molecule has 6 rings (SSSR count). The van der Waals surface area contributed by atoms with Gasteiger partial charge in [0.1, 0.15) is 6.04 Å². The van der Waals surface area contributed by atoms with Gasteiger partial charge in [-0.25, -0.2) is 0 Å². The minimum atomic E-state index is -1.20. The van der Waals surface area contributed by atoms with Crippen LogP contribution in [0.4, 0.5) is 5.69 Å². The highest BCUT2D eigenvalue weighted by Crippen LogP contribution is 2.50. The molecule has 1 fully saturated rings. The van der Waals surface area contributed by atoms with Crippen LogP contribution in [0.1, 0.15) is 37.9 Å². The van der Waals surface area contributed by atoms with E-state index in [1.165, 1.54) is 4.90 Å². The van der Waals surface area contributed by atoms with Crippen LogP contribution in [0, 0.1) is 6.92 Å². The van der Waals surface area contributed by atoms with Gasteiger partial charge in [0.15, 0.2) is 11.5 Å². The van der Waals surface area contributed by atoms with E-state index in [9.17, 15) is 14.4 Å². The summed E-state index contributed by atoms with van der Waals surface area (Å²) in [4.78, 5) is 43.2. The van der Waals surface area contributed by atoms with Gasteiger partial charge in [-0.3, -0.25) is 19.3 Å². The van der Waals surface area contributed by atoms with E-state index in [-0.39, 0.29) is 38.0 Å². The molecule has 12 heteroatoms. The normalized spacial score (nSPS) is 20.0. The van der Waals surface area contributed by atoms with Gasteiger partial charge in [-0.05, 0) is 48.4 Å². The van der Waals surface area contributed by atoms with Crippen molar-refractivity contribution >= 4 is 81.4 Å². The van der Waals surface area contributed by atoms with Crippen molar-refractivity contribution < 1.29 is 23.9 Å². The third kappa shape index (κ3) is 3.45. The smallest absolute Gasteiger partial charge is 0.264 e. The Morgan fingerprint density at radius 2 is 1.35 bits per heavy atom. The lowest BCUT2D eigenvalue weighted by atomic mass is 9.85. The first-order valence-corrected chi connectivity index (χ1v) is 12.7. The molecule has 0 aromatic heterocycles. The van der Waals surface area contributed by atoms with Crippen molar-refractivity contribution in [1.29, 1.82) is 0 Å². The lowest BCUT2D eigenvalue weighted by molar-refractivity contribution is -0.130. The van der Waals surface area contributed by atoms with Crippen molar-refractivity contribution in [3.63, 3.8) is 0 Å². The second-order valence-corrected chi connectivity index (χ2v) is 10.6. The predicted octanol–water partition coefficient (Wildman–Crippen LogP) is 6.74. The zero-order valence-corrected chi connectivity index (χ0v) is 22.4. The van der Waals surface area contributed by atoms with Crippen LogP contribution < -0.4 is 14.4 Å². The molecule has 2 atom stereocenters. The zero-order valence-electron chi connectivity index (χ0n) is 18.7. The van der Waals surface area contributed by atoms with E-state index in [0.29, 0.717) is 27.8 Å². The van der Waals surface area contributed by atoms with E-state index in [1.54, 1.807) is 36.4 Å². The molecule has 0 saturated carbocycles. The number of ether oxygens (including phenoxy) is 2. The van der Waals surface area contributed by atoms with Gasteiger partial charge in [0, 0.05) is 10.7 Å². The third-order valence-electron chi connectivity index (χ3n) is 6.63. The average Bonchev–Trinajstić information content (AvgIpc) is 3.43. The fourth-order valence-electron chi connectivity index (χ4n) is 4.93. The highest BCUT2D eigenvalue weighted by Gasteiger charge is 2.58. The van der Waals surface area contributed by atoms with E-state index in [1.807, 2.05) is 6.92 Å². The van der Waals surface area contributed by atoms with Gasteiger partial charge in [-0.2, -0.15) is 0 Å². The quantitative estimate of drug-likeness (QED) is 0.144. The second-order valence-electron chi connectivity index (χ2n) is 8.63. The zero-order chi connectivity index (χ0) is 26.3. The van der Waals surface area contributed by atoms with Gasteiger partial charge >= 0.3 is 0 Å². The molecule has 3 aromatic rings. The molecule has 1 saturated heterocycles. The molecule has 37 heavy (non-hydrogen) atoms. The Hall–Kier alpha value is -2.68. The summed E-state index contributed by atoms with van der Waals surface area (Å²) in [5.74, 6) is -1.03. The van der Waals surface area contributed by atoms with Crippen LogP contribution >= 0.6 is 58.0 Å². The SMILES string of the molecule is Cc1cc(Cl)ccc1N1C(=O)[C@@H](N2C(=O)c3c(Cl)c(Cl)c(Cl)c(Cl)c3C2=O)[C@@H]1c1ccc2c(c1)OCO2. The lowest BCUT2D eigenvalue weighted by Crippen LogP contribution is -2.67. The molecule has 3 heterocycles. The summed E-state index contributed by atoms with van der Waals surface area (Å²) in [6.45, 7) is 1.87. The van der Waals surface area contributed by atoms with E-state index in [4.69, 9.17) is 67.5 Å². The number of halogens is 5. The van der Waals surface area contributed by atoms with Gasteiger partial charge in [0.2, 0.25) is 6.79 Å². The largest absolute Gasteiger partial charge is 0.454 e. The Bertz CT molecular complexity index is 1530. The summed E-state index contributed by atoms with van der Waals surface area (Å²) in [5.41, 5.74) is 1.55. The Labute approximate surface area is 235 Å². The van der Waals surface area contributed by atoms with Crippen LogP contribution in [0.15, 0.2) is 36.4 Å².